The summed E-state index contributed by atoms with van der Waals surface area (Å²) in [6, 6.07) is 17.9. The molecule has 0 radical (unpaired) electrons. The van der Waals surface area contributed by atoms with Crippen molar-refractivity contribution in [3.8, 4) is 23.0 Å². The molecule has 0 fully saturated rings. The van der Waals surface area contributed by atoms with Gasteiger partial charge in [0, 0.05) is 29.4 Å². The van der Waals surface area contributed by atoms with Crippen LogP contribution >= 0.6 is 0 Å². The maximum absolute atomic E-state index is 12.2. The largest absolute Gasteiger partial charge is 0.497 e. The molecule has 9 nitrogen and oxygen atoms in total. The number of fused-ring (bicyclic) bond motifs is 1. The molecule has 1 N–H and O–H groups in total. The third-order valence-electron chi connectivity index (χ3n) is 4.41. The van der Waals surface area contributed by atoms with Crippen LogP contribution in [0.15, 0.2) is 71.1 Å². The number of nitro benzene ring substituents is 1. The van der Waals surface area contributed by atoms with Gasteiger partial charge in [0.2, 0.25) is 5.89 Å². The minimum Gasteiger partial charge on any atom is -0.497 e. The summed E-state index contributed by atoms with van der Waals surface area (Å²) in [4.78, 5) is 26.9. The molecule has 0 aliphatic carbocycles. The third kappa shape index (κ3) is 4.61. The summed E-state index contributed by atoms with van der Waals surface area (Å²) in [7, 11) is 1.58. The fraction of sp³-hybridized carbons (Fsp3) is 0.0909. The van der Waals surface area contributed by atoms with Gasteiger partial charge < -0.3 is 19.2 Å². The molecule has 0 aliphatic rings. The van der Waals surface area contributed by atoms with Crippen LogP contribution in [0.1, 0.15) is 0 Å². The van der Waals surface area contributed by atoms with Crippen molar-refractivity contribution in [2.24, 2.45) is 0 Å². The fourth-order valence-electron chi connectivity index (χ4n) is 2.90. The Morgan fingerprint density at radius 2 is 1.87 bits per heavy atom. The van der Waals surface area contributed by atoms with E-state index < -0.39 is 4.92 Å². The molecule has 4 aromatic rings. The second-order valence-corrected chi connectivity index (χ2v) is 6.52. The molecule has 156 valence electrons. The van der Waals surface area contributed by atoms with E-state index in [1.54, 1.807) is 43.5 Å². The standard InChI is InChI=1S/C22H17N3O6/c1-29-18-9-10-20-19(12-18)24-22(31-20)14-3-2-4-15(11-14)23-21(26)13-30-17-7-5-16(6-8-17)25(27)28/h2-12H,13H2,1H3,(H,23,26). The van der Waals surface area contributed by atoms with Gasteiger partial charge in [-0.25, -0.2) is 4.98 Å². The number of benzene rings is 3. The average Bonchev–Trinajstić information content (AvgIpc) is 3.21. The summed E-state index contributed by atoms with van der Waals surface area (Å²) in [6.45, 7) is -0.245. The second kappa shape index (κ2) is 8.54. The van der Waals surface area contributed by atoms with Gasteiger partial charge in [-0.05, 0) is 42.5 Å². The summed E-state index contributed by atoms with van der Waals surface area (Å²) in [6.07, 6.45) is 0. The van der Waals surface area contributed by atoms with Gasteiger partial charge in [0.05, 0.1) is 12.0 Å². The minimum atomic E-state index is -0.503. The van der Waals surface area contributed by atoms with E-state index in [0.29, 0.717) is 39.7 Å². The Balaban J connectivity index is 1.42. The smallest absolute Gasteiger partial charge is 0.269 e. The number of non-ortho nitro benzene ring substituents is 1. The van der Waals surface area contributed by atoms with Gasteiger partial charge in [0.25, 0.3) is 11.6 Å². The van der Waals surface area contributed by atoms with Crippen LogP contribution in [-0.2, 0) is 4.79 Å². The molecule has 0 bridgehead atoms. The average molecular weight is 419 g/mol. The van der Waals surface area contributed by atoms with Crippen LogP contribution in [0.4, 0.5) is 11.4 Å². The maximum Gasteiger partial charge on any atom is 0.269 e. The number of nitrogens with zero attached hydrogens (tertiary/aromatic N) is 2. The summed E-state index contributed by atoms with van der Waals surface area (Å²) in [5.41, 5.74) is 2.49. The summed E-state index contributed by atoms with van der Waals surface area (Å²) in [5, 5.41) is 13.4. The van der Waals surface area contributed by atoms with E-state index in [4.69, 9.17) is 13.9 Å². The van der Waals surface area contributed by atoms with E-state index in [1.807, 2.05) is 6.07 Å². The van der Waals surface area contributed by atoms with E-state index in [0.717, 1.165) is 0 Å². The van der Waals surface area contributed by atoms with Crippen molar-refractivity contribution in [1.82, 2.24) is 4.98 Å². The number of nitrogens with one attached hydrogen (secondary N) is 1. The van der Waals surface area contributed by atoms with Crippen molar-refractivity contribution < 1.29 is 23.6 Å². The first-order valence-electron chi connectivity index (χ1n) is 9.24. The lowest BCUT2D eigenvalue weighted by molar-refractivity contribution is -0.384. The number of hydrogen-bond donors (Lipinski definition) is 1. The van der Waals surface area contributed by atoms with Crippen LogP contribution in [-0.4, -0.2) is 29.5 Å². The lowest BCUT2D eigenvalue weighted by atomic mass is 10.2. The number of amides is 1. The molecule has 4 rings (SSSR count). The van der Waals surface area contributed by atoms with Gasteiger partial charge in [-0.1, -0.05) is 6.07 Å². The summed E-state index contributed by atoms with van der Waals surface area (Å²) >= 11 is 0. The zero-order valence-corrected chi connectivity index (χ0v) is 16.4. The molecule has 1 aromatic heterocycles. The predicted molar refractivity (Wildman–Crippen MR) is 113 cm³/mol. The lowest BCUT2D eigenvalue weighted by Gasteiger charge is -2.08. The Morgan fingerprint density at radius 3 is 2.61 bits per heavy atom. The number of carbonyl (C=O) groups is 1. The Hall–Kier alpha value is -4.40. The topological polar surface area (TPSA) is 117 Å². The van der Waals surface area contributed by atoms with Crippen LogP contribution in [0.25, 0.3) is 22.6 Å². The van der Waals surface area contributed by atoms with Crippen molar-refractivity contribution in [2.75, 3.05) is 19.0 Å². The van der Waals surface area contributed by atoms with E-state index in [-0.39, 0.29) is 18.2 Å². The normalized spacial score (nSPS) is 10.6. The Morgan fingerprint density at radius 1 is 1.10 bits per heavy atom. The highest BCUT2D eigenvalue weighted by molar-refractivity contribution is 5.92. The van der Waals surface area contributed by atoms with Crippen LogP contribution in [0, 0.1) is 10.1 Å². The highest BCUT2D eigenvalue weighted by Gasteiger charge is 2.11. The van der Waals surface area contributed by atoms with E-state index >= 15 is 0 Å². The summed E-state index contributed by atoms with van der Waals surface area (Å²) < 4.78 is 16.4. The molecule has 0 saturated carbocycles. The van der Waals surface area contributed by atoms with E-state index in [2.05, 4.69) is 10.3 Å². The van der Waals surface area contributed by atoms with Crippen molar-refractivity contribution in [3.05, 3.63) is 76.8 Å². The van der Waals surface area contributed by atoms with E-state index in [1.165, 1.54) is 24.3 Å². The number of nitro groups is 1. The number of ether oxygens (including phenoxy) is 2. The molecule has 0 aliphatic heterocycles. The Bertz CT molecular complexity index is 1250. The van der Waals surface area contributed by atoms with Gasteiger partial charge in [-0.15, -0.1) is 0 Å². The molecule has 0 spiro atoms. The van der Waals surface area contributed by atoms with Crippen molar-refractivity contribution >= 4 is 28.4 Å². The Labute approximate surface area is 176 Å². The third-order valence-corrected chi connectivity index (χ3v) is 4.41. The monoisotopic (exact) mass is 419 g/mol. The molecule has 1 heterocycles. The number of methoxy groups -OCH3 is 1. The fourth-order valence-corrected chi connectivity index (χ4v) is 2.90. The SMILES string of the molecule is COc1ccc2oc(-c3cccc(NC(=O)COc4ccc([N+](=O)[O-])cc4)c3)nc2c1. The van der Waals surface area contributed by atoms with Crippen LogP contribution in [0.2, 0.25) is 0 Å². The number of carbonyl (C=O) groups excluding carboxylic acids is 1. The number of hydrogen-bond acceptors (Lipinski definition) is 7. The van der Waals surface area contributed by atoms with E-state index in [9.17, 15) is 14.9 Å². The van der Waals surface area contributed by atoms with Gasteiger partial charge in [0.15, 0.2) is 12.2 Å². The first-order chi connectivity index (χ1) is 15.0. The highest BCUT2D eigenvalue weighted by atomic mass is 16.6. The Kier molecular flexibility index (Phi) is 5.48. The van der Waals surface area contributed by atoms with Gasteiger partial charge in [0.1, 0.15) is 17.0 Å². The second-order valence-electron chi connectivity index (χ2n) is 6.52. The van der Waals surface area contributed by atoms with Gasteiger partial charge >= 0.3 is 0 Å². The molecule has 0 saturated heterocycles. The molecule has 31 heavy (non-hydrogen) atoms. The number of rotatable bonds is 7. The minimum absolute atomic E-state index is 0.0498. The van der Waals surface area contributed by atoms with Crippen molar-refractivity contribution in [2.45, 2.75) is 0 Å². The highest BCUT2D eigenvalue weighted by Crippen LogP contribution is 2.28. The van der Waals surface area contributed by atoms with Gasteiger partial charge in [-0.2, -0.15) is 0 Å². The molecule has 1 amide bonds. The van der Waals surface area contributed by atoms with Crippen molar-refractivity contribution in [1.29, 1.82) is 0 Å². The quantitative estimate of drug-likeness (QED) is 0.348. The lowest BCUT2D eigenvalue weighted by Crippen LogP contribution is -2.20. The number of oxazole rings is 1. The molecule has 0 unspecified atom stereocenters. The molecule has 3 aromatic carbocycles. The van der Waals surface area contributed by atoms with Crippen LogP contribution in [0.5, 0.6) is 11.5 Å². The van der Waals surface area contributed by atoms with Crippen LogP contribution < -0.4 is 14.8 Å². The number of aromatic nitrogens is 1. The van der Waals surface area contributed by atoms with Crippen molar-refractivity contribution in [3.63, 3.8) is 0 Å². The maximum atomic E-state index is 12.2. The zero-order valence-electron chi connectivity index (χ0n) is 16.4. The zero-order chi connectivity index (χ0) is 21.8. The van der Waals surface area contributed by atoms with Crippen LogP contribution in [0.3, 0.4) is 0 Å². The molecular weight excluding hydrogens is 402 g/mol. The molecule has 0 atom stereocenters. The first-order valence-corrected chi connectivity index (χ1v) is 9.24. The number of anilines is 1. The summed E-state index contributed by atoms with van der Waals surface area (Å²) in [5.74, 6) is 1.08. The predicted octanol–water partition coefficient (Wildman–Crippen LogP) is 4.43. The molecular formula is C22H17N3O6. The first kappa shape index (κ1) is 19.9. The van der Waals surface area contributed by atoms with Gasteiger partial charge in [-0.3, -0.25) is 14.9 Å². The molecule has 9 heteroatoms.